The maximum absolute atomic E-state index is 12.3. The highest BCUT2D eigenvalue weighted by Gasteiger charge is 2.19. The number of non-ortho nitro benzene ring substituents is 1. The van der Waals surface area contributed by atoms with Gasteiger partial charge in [-0.05, 0) is 31.4 Å². The van der Waals surface area contributed by atoms with E-state index in [4.69, 9.17) is 4.98 Å². The minimum atomic E-state index is -0.475. The van der Waals surface area contributed by atoms with Crippen LogP contribution in [-0.4, -0.2) is 32.7 Å². The summed E-state index contributed by atoms with van der Waals surface area (Å²) in [7, 11) is 0. The maximum Gasteiger partial charge on any atom is 0.269 e. The molecule has 0 spiro atoms. The van der Waals surface area contributed by atoms with Crippen molar-refractivity contribution in [3.05, 3.63) is 101 Å². The van der Waals surface area contributed by atoms with E-state index in [-0.39, 0.29) is 11.6 Å². The van der Waals surface area contributed by atoms with Gasteiger partial charge in [-0.15, -0.1) is 0 Å². The minimum absolute atomic E-state index is 0.0270. The van der Waals surface area contributed by atoms with Crippen molar-refractivity contribution in [3.8, 4) is 22.5 Å². The predicted molar refractivity (Wildman–Crippen MR) is 149 cm³/mol. The summed E-state index contributed by atoms with van der Waals surface area (Å²) in [6.45, 7) is 3.61. The summed E-state index contributed by atoms with van der Waals surface area (Å²) in [5.41, 5.74) is 4.80. The summed E-state index contributed by atoms with van der Waals surface area (Å²) in [4.78, 5) is 27.7. The van der Waals surface area contributed by atoms with Crippen molar-refractivity contribution in [2.75, 3.05) is 12.3 Å². The summed E-state index contributed by atoms with van der Waals surface area (Å²) in [6.07, 6.45) is 2.76. The Morgan fingerprint density at radius 3 is 2.22 bits per heavy atom. The summed E-state index contributed by atoms with van der Waals surface area (Å²) in [5.74, 6) is 0.664. The zero-order chi connectivity index (χ0) is 26.0. The molecule has 0 saturated carbocycles. The molecule has 0 fully saturated rings. The van der Waals surface area contributed by atoms with Crippen LogP contribution in [0, 0.1) is 10.1 Å². The summed E-state index contributed by atoms with van der Waals surface area (Å²) in [5, 5.41) is 14.7. The first-order valence-corrected chi connectivity index (χ1v) is 13.4. The normalized spacial score (nSPS) is 10.8. The number of nitro groups is 1. The molecule has 0 unspecified atom stereocenters. The lowest BCUT2D eigenvalue weighted by molar-refractivity contribution is -0.384. The van der Waals surface area contributed by atoms with E-state index < -0.39 is 4.92 Å². The molecule has 1 amide bonds. The van der Waals surface area contributed by atoms with Gasteiger partial charge in [0.05, 0.1) is 16.3 Å². The summed E-state index contributed by atoms with van der Waals surface area (Å²) < 4.78 is 2.33. The van der Waals surface area contributed by atoms with Gasteiger partial charge in [0, 0.05) is 47.7 Å². The number of nitro benzene ring substituents is 1. The van der Waals surface area contributed by atoms with Crippen molar-refractivity contribution in [1.82, 2.24) is 14.9 Å². The van der Waals surface area contributed by atoms with Crippen LogP contribution >= 0.6 is 11.8 Å². The average Bonchev–Trinajstić information content (AvgIpc) is 3.29. The number of carbonyl (C=O) groups excluding carboxylic acids is 1. The predicted octanol–water partition coefficient (Wildman–Crippen LogP) is 6.84. The third-order valence-electron chi connectivity index (χ3n) is 5.90. The number of carbonyl (C=O) groups is 1. The molecule has 1 heterocycles. The molecule has 0 aliphatic heterocycles. The monoisotopic (exact) mass is 514 g/mol. The van der Waals surface area contributed by atoms with E-state index in [1.165, 1.54) is 24.3 Å². The Morgan fingerprint density at radius 2 is 1.59 bits per heavy atom. The number of hydrogen-bond donors (Lipinski definition) is 1. The second-order valence-electron chi connectivity index (χ2n) is 8.59. The van der Waals surface area contributed by atoms with Crippen LogP contribution in [0.25, 0.3) is 22.5 Å². The Balaban J connectivity index is 1.39. The van der Waals surface area contributed by atoms with Crippen molar-refractivity contribution in [2.24, 2.45) is 0 Å². The van der Waals surface area contributed by atoms with Gasteiger partial charge in [0.2, 0.25) is 0 Å². The van der Waals surface area contributed by atoms with Gasteiger partial charge in [0.15, 0.2) is 5.16 Å². The van der Waals surface area contributed by atoms with Crippen LogP contribution in [0.1, 0.15) is 36.5 Å². The second kappa shape index (κ2) is 12.9. The molecule has 4 rings (SSSR count). The number of nitrogens with one attached hydrogen (secondary N) is 1. The molecule has 7 nitrogen and oxygen atoms in total. The molecule has 0 radical (unpaired) electrons. The highest BCUT2D eigenvalue weighted by Crippen LogP contribution is 2.36. The molecule has 190 valence electrons. The van der Waals surface area contributed by atoms with Gasteiger partial charge in [-0.25, -0.2) is 4.98 Å². The number of amides is 1. The molecule has 1 N–H and O–H groups in total. The fourth-order valence-electron chi connectivity index (χ4n) is 4.09. The van der Waals surface area contributed by atoms with E-state index in [1.54, 1.807) is 11.8 Å². The molecule has 3 aromatic carbocycles. The quantitative estimate of drug-likeness (QED) is 0.0968. The molecule has 0 bridgehead atoms. The zero-order valence-electron chi connectivity index (χ0n) is 20.8. The molecule has 8 heteroatoms. The molecular formula is C29H30N4O3S. The first-order valence-electron chi connectivity index (χ1n) is 12.4. The van der Waals surface area contributed by atoms with E-state index in [1.807, 2.05) is 24.3 Å². The van der Waals surface area contributed by atoms with E-state index in [9.17, 15) is 14.9 Å². The highest BCUT2D eigenvalue weighted by molar-refractivity contribution is 7.99. The van der Waals surface area contributed by atoms with Crippen molar-refractivity contribution >= 4 is 23.4 Å². The topological polar surface area (TPSA) is 90.1 Å². The number of thioether (sulfide) groups is 1. The van der Waals surface area contributed by atoms with Gasteiger partial charge in [0.25, 0.3) is 11.6 Å². The van der Waals surface area contributed by atoms with Crippen LogP contribution in [0.15, 0.2) is 90.1 Å². The van der Waals surface area contributed by atoms with Crippen molar-refractivity contribution < 1.29 is 9.72 Å². The van der Waals surface area contributed by atoms with Crippen LogP contribution < -0.4 is 5.32 Å². The largest absolute Gasteiger partial charge is 0.352 e. The Bertz CT molecular complexity index is 1320. The molecule has 0 aliphatic carbocycles. The lowest BCUT2D eigenvalue weighted by atomic mass is 10.0. The van der Waals surface area contributed by atoms with Crippen molar-refractivity contribution in [3.63, 3.8) is 0 Å². The van der Waals surface area contributed by atoms with Crippen molar-refractivity contribution in [1.29, 1.82) is 0 Å². The van der Waals surface area contributed by atoms with Gasteiger partial charge in [-0.2, -0.15) is 0 Å². The number of rotatable bonds is 12. The maximum atomic E-state index is 12.3. The van der Waals surface area contributed by atoms with E-state index in [0.717, 1.165) is 59.2 Å². The molecule has 37 heavy (non-hydrogen) atoms. The Hall–Kier alpha value is -3.91. The number of hydrogen-bond acceptors (Lipinski definition) is 5. The van der Waals surface area contributed by atoms with Crippen LogP contribution in [0.2, 0.25) is 0 Å². The Labute approximate surface area is 221 Å². The van der Waals surface area contributed by atoms with Gasteiger partial charge in [-0.1, -0.05) is 79.3 Å². The number of aromatic nitrogens is 2. The lowest BCUT2D eigenvalue weighted by Crippen LogP contribution is -2.24. The van der Waals surface area contributed by atoms with Gasteiger partial charge in [-0.3, -0.25) is 14.9 Å². The number of nitrogens with zero attached hydrogens (tertiary/aromatic N) is 3. The van der Waals surface area contributed by atoms with Crippen molar-refractivity contribution in [2.45, 2.75) is 37.9 Å². The fourth-order valence-corrected chi connectivity index (χ4v) is 5.11. The minimum Gasteiger partial charge on any atom is -0.352 e. The van der Waals surface area contributed by atoms with Crippen LogP contribution in [0.4, 0.5) is 5.69 Å². The van der Waals surface area contributed by atoms with Gasteiger partial charge >= 0.3 is 0 Å². The summed E-state index contributed by atoms with van der Waals surface area (Å²) in [6, 6.07) is 26.4. The lowest BCUT2D eigenvalue weighted by Gasteiger charge is -2.12. The molecule has 4 aromatic rings. The average molecular weight is 515 g/mol. The fraction of sp³-hybridized carbons (Fsp3) is 0.241. The van der Waals surface area contributed by atoms with Crippen LogP contribution in [0.5, 0.6) is 0 Å². The number of imidazole rings is 1. The van der Waals surface area contributed by atoms with Gasteiger partial charge < -0.3 is 9.88 Å². The Kier molecular flexibility index (Phi) is 9.10. The smallest absolute Gasteiger partial charge is 0.269 e. The molecule has 0 saturated heterocycles. The van der Waals surface area contributed by atoms with Crippen LogP contribution in [-0.2, 0) is 6.54 Å². The van der Waals surface area contributed by atoms with E-state index in [0.29, 0.717) is 12.1 Å². The SMILES string of the molecule is CCCn1c(SCCCCNC(=O)c2ccc([N+](=O)[O-])cc2)nc(-c2ccccc2)c1-c1ccccc1. The molecule has 0 atom stereocenters. The standard InChI is InChI=1S/C29H30N4O3S/c1-2-20-32-27(23-13-7-4-8-14-23)26(22-11-5-3-6-12-22)31-29(32)37-21-10-9-19-30-28(34)24-15-17-25(18-16-24)33(35)36/h3-8,11-18H,2,9-10,19-21H2,1H3,(H,30,34). The first-order chi connectivity index (χ1) is 18.1. The van der Waals surface area contributed by atoms with E-state index in [2.05, 4.69) is 53.2 Å². The first kappa shape index (κ1) is 26.2. The molecular weight excluding hydrogens is 484 g/mol. The Morgan fingerprint density at radius 1 is 0.946 bits per heavy atom. The number of benzene rings is 3. The zero-order valence-corrected chi connectivity index (χ0v) is 21.6. The van der Waals surface area contributed by atoms with Gasteiger partial charge in [0.1, 0.15) is 0 Å². The highest BCUT2D eigenvalue weighted by atomic mass is 32.2. The summed E-state index contributed by atoms with van der Waals surface area (Å²) >= 11 is 1.75. The third-order valence-corrected chi connectivity index (χ3v) is 6.97. The molecule has 1 aromatic heterocycles. The number of unbranched alkanes of at least 4 members (excludes halogenated alkanes) is 1. The third kappa shape index (κ3) is 6.65. The molecule has 0 aliphatic rings. The van der Waals surface area contributed by atoms with Crippen LogP contribution in [0.3, 0.4) is 0 Å². The second-order valence-corrected chi connectivity index (χ2v) is 9.65. The van der Waals surface area contributed by atoms with E-state index >= 15 is 0 Å².